The Morgan fingerprint density at radius 2 is 2.23 bits per heavy atom. The smallest absolute Gasteiger partial charge is 0.330 e. The van der Waals surface area contributed by atoms with Gasteiger partial charge in [-0.3, -0.25) is 14.3 Å². The van der Waals surface area contributed by atoms with Gasteiger partial charge < -0.3 is 14.9 Å². The van der Waals surface area contributed by atoms with E-state index < -0.39 is 29.7 Å². The maximum absolute atomic E-state index is 12.0. The number of hydrogen-bond acceptors (Lipinski definition) is 6. The van der Waals surface area contributed by atoms with Gasteiger partial charge in [-0.25, -0.2) is 4.79 Å². The van der Waals surface area contributed by atoms with E-state index in [1.54, 1.807) is 6.07 Å². The highest BCUT2D eigenvalue weighted by Crippen LogP contribution is 2.31. The Morgan fingerprint density at radius 3 is 2.82 bits per heavy atom. The number of aliphatic hydroxyl groups is 2. The molecule has 0 saturated carbocycles. The molecule has 7 nitrogen and oxygen atoms in total. The summed E-state index contributed by atoms with van der Waals surface area (Å²) < 4.78 is 7.57. The number of aromatic nitrogens is 2. The molecule has 9 heteroatoms. The highest BCUT2D eigenvalue weighted by molar-refractivity contribution is 9.11. The lowest BCUT2D eigenvalue weighted by Crippen LogP contribution is -2.33. The molecular formula is C13H13BrN2O5S. The molecule has 0 bridgehead atoms. The van der Waals surface area contributed by atoms with Crippen LogP contribution in [0.4, 0.5) is 0 Å². The van der Waals surface area contributed by atoms with E-state index in [-0.39, 0.29) is 13.0 Å². The number of nitrogens with one attached hydrogen (secondary N) is 1. The molecule has 1 saturated heterocycles. The number of rotatable bonds is 3. The molecule has 3 heterocycles. The minimum absolute atomic E-state index is 0.171. The van der Waals surface area contributed by atoms with Gasteiger partial charge >= 0.3 is 5.69 Å². The Labute approximate surface area is 136 Å². The Bertz CT molecular complexity index is 798. The van der Waals surface area contributed by atoms with Crippen molar-refractivity contribution in [3.8, 4) is 10.4 Å². The van der Waals surface area contributed by atoms with Crippen LogP contribution in [0.25, 0.3) is 10.4 Å². The molecule has 2 aromatic rings. The fourth-order valence-electron chi connectivity index (χ4n) is 2.38. The number of aromatic amines is 1. The maximum Gasteiger partial charge on any atom is 0.330 e. The Morgan fingerprint density at radius 1 is 1.45 bits per heavy atom. The zero-order valence-electron chi connectivity index (χ0n) is 11.2. The van der Waals surface area contributed by atoms with Crippen LogP contribution in [0, 0.1) is 0 Å². The zero-order valence-corrected chi connectivity index (χ0v) is 13.6. The van der Waals surface area contributed by atoms with Crippen LogP contribution >= 0.6 is 27.3 Å². The van der Waals surface area contributed by atoms with Crippen molar-refractivity contribution < 1.29 is 14.9 Å². The quantitative estimate of drug-likeness (QED) is 0.716. The van der Waals surface area contributed by atoms with E-state index in [2.05, 4.69) is 20.9 Å². The molecule has 2 aromatic heterocycles. The largest absolute Gasteiger partial charge is 0.394 e. The van der Waals surface area contributed by atoms with Gasteiger partial charge in [-0.05, 0) is 28.1 Å². The lowest BCUT2D eigenvalue weighted by Gasteiger charge is -2.15. The average Bonchev–Trinajstić information content (AvgIpc) is 3.05. The van der Waals surface area contributed by atoms with Crippen molar-refractivity contribution in [1.82, 2.24) is 9.55 Å². The summed E-state index contributed by atoms with van der Waals surface area (Å²) in [4.78, 5) is 27.0. The van der Waals surface area contributed by atoms with Crippen molar-refractivity contribution in [3.05, 3.63) is 43.0 Å². The van der Waals surface area contributed by atoms with E-state index in [1.807, 2.05) is 6.07 Å². The number of hydrogen-bond donors (Lipinski definition) is 3. The summed E-state index contributed by atoms with van der Waals surface area (Å²) in [5.41, 5.74) is -0.742. The summed E-state index contributed by atoms with van der Waals surface area (Å²) >= 11 is 4.70. The van der Waals surface area contributed by atoms with Crippen LogP contribution in [0.3, 0.4) is 0 Å². The molecular weight excluding hydrogens is 376 g/mol. The van der Waals surface area contributed by atoms with Gasteiger partial charge in [0.25, 0.3) is 5.56 Å². The second kappa shape index (κ2) is 6.09. The highest BCUT2D eigenvalue weighted by Gasteiger charge is 2.35. The molecule has 3 N–H and O–H groups in total. The minimum Gasteiger partial charge on any atom is -0.394 e. The van der Waals surface area contributed by atoms with Crippen LogP contribution in [-0.4, -0.2) is 38.6 Å². The molecule has 3 rings (SSSR count). The highest BCUT2D eigenvalue weighted by atomic mass is 79.9. The van der Waals surface area contributed by atoms with E-state index in [4.69, 9.17) is 9.84 Å². The van der Waals surface area contributed by atoms with Crippen molar-refractivity contribution in [1.29, 1.82) is 0 Å². The first kappa shape index (κ1) is 15.6. The van der Waals surface area contributed by atoms with Gasteiger partial charge in [0.1, 0.15) is 12.3 Å². The normalized spacial score (nSPS) is 24.8. The Kier molecular flexibility index (Phi) is 4.33. The van der Waals surface area contributed by atoms with Gasteiger partial charge in [-0.15, -0.1) is 11.3 Å². The topological polar surface area (TPSA) is 105 Å². The molecule has 3 atom stereocenters. The number of H-pyrrole nitrogens is 1. The number of nitrogens with zero attached hydrogens (tertiary/aromatic N) is 1. The van der Waals surface area contributed by atoms with Crippen molar-refractivity contribution in [3.63, 3.8) is 0 Å². The zero-order chi connectivity index (χ0) is 15.9. The summed E-state index contributed by atoms with van der Waals surface area (Å²) in [6.07, 6.45) is -0.712. The molecule has 1 aliphatic rings. The second-order valence-electron chi connectivity index (χ2n) is 4.93. The monoisotopic (exact) mass is 388 g/mol. The first-order chi connectivity index (χ1) is 10.5. The SMILES string of the molecule is O=c1[nH]c(=O)n([C@H]2C[C@H](O)[C@@H](CO)O2)cc1-c1ccc(Br)s1. The fraction of sp³-hybridized carbons (Fsp3) is 0.385. The summed E-state index contributed by atoms with van der Waals surface area (Å²) in [5, 5.41) is 18.9. The number of thiophene rings is 1. The van der Waals surface area contributed by atoms with Gasteiger partial charge in [-0.1, -0.05) is 0 Å². The lowest BCUT2D eigenvalue weighted by molar-refractivity contribution is -0.0458. The van der Waals surface area contributed by atoms with Crippen molar-refractivity contribution in [2.24, 2.45) is 0 Å². The van der Waals surface area contributed by atoms with Gasteiger partial charge in [0, 0.05) is 17.5 Å². The third-order valence-corrected chi connectivity index (χ3v) is 5.16. The van der Waals surface area contributed by atoms with E-state index in [0.29, 0.717) is 10.4 Å². The molecule has 0 amide bonds. The molecule has 0 aromatic carbocycles. The third kappa shape index (κ3) is 2.82. The van der Waals surface area contributed by atoms with Crippen molar-refractivity contribution in [2.45, 2.75) is 24.9 Å². The van der Waals surface area contributed by atoms with E-state index in [1.165, 1.54) is 22.1 Å². The first-order valence-electron chi connectivity index (χ1n) is 6.55. The maximum atomic E-state index is 12.0. The Hall–Kier alpha value is -1.26. The molecule has 22 heavy (non-hydrogen) atoms. The van der Waals surface area contributed by atoms with Crippen molar-refractivity contribution in [2.75, 3.05) is 6.61 Å². The van der Waals surface area contributed by atoms with E-state index >= 15 is 0 Å². The van der Waals surface area contributed by atoms with Crippen LogP contribution in [0.15, 0.2) is 31.7 Å². The summed E-state index contributed by atoms with van der Waals surface area (Å²) in [5.74, 6) is 0. The average molecular weight is 389 g/mol. The van der Waals surface area contributed by atoms with E-state index in [0.717, 1.165) is 3.79 Å². The Balaban J connectivity index is 2.03. The van der Waals surface area contributed by atoms with Crippen LogP contribution in [0.5, 0.6) is 0 Å². The summed E-state index contributed by atoms with van der Waals surface area (Å²) in [6, 6.07) is 3.58. The number of ether oxygens (including phenoxy) is 1. The van der Waals surface area contributed by atoms with Crippen LogP contribution in [0.1, 0.15) is 12.6 Å². The summed E-state index contributed by atoms with van der Waals surface area (Å²) in [7, 11) is 0. The molecule has 1 fully saturated rings. The van der Waals surface area contributed by atoms with Crippen LogP contribution < -0.4 is 11.2 Å². The fourth-order valence-corrected chi connectivity index (χ4v) is 3.78. The standard InChI is InChI=1S/C13H13BrN2O5S/c14-10-2-1-9(22-10)6-4-16(13(20)15-12(6)19)11-3-7(18)8(5-17)21-11/h1-2,4,7-8,11,17-18H,3,5H2,(H,15,19,20)/t7-,8+,11+/m0/s1. The molecule has 1 aliphatic heterocycles. The van der Waals surface area contributed by atoms with E-state index in [9.17, 15) is 14.7 Å². The second-order valence-corrected chi connectivity index (χ2v) is 7.39. The molecule has 0 unspecified atom stereocenters. The van der Waals surface area contributed by atoms with Crippen LogP contribution in [-0.2, 0) is 4.74 Å². The number of halogens is 1. The predicted molar refractivity (Wildman–Crippen MR) is 84.0 cm³/mol. The predicted octanol–water partition coefficient (Wildman–Crippen LogP) is 0.668. The van der Waals surface area contributed by atoms with Gasteiger partial charge in [0.2, 0.25) is 0 Å². The van der Waals surface area contributed by atoms with Crippen LogP contribution in [0.2, 0.25) is 0 Å². The van der Waals surface area contributed by atoms with Gasteiger partial charge in [0.15, 0.2) is 0 Å². The number of aliphatic hydroxyl groups excluding tert-OH is 2. The molecule has 118 valence electrons. The minimum atomic E-state index is -0.854. The lowest BCUT2D eigenvalue weighted by atomic mass is 10.2. The first-order valence-corrected chi connectivity index (χ1v) is 8.16. The van der Waals surface area contributed by atoms with Gasteiger partial charge in [-0.2, -0.15) is 0 Å². The van der Waals surface area contributed by atoms with Crippen molar-refractivity contribution >= 4 is 27.3 Å². The molecule has 0 aliphatic carbocycles. The summed E-state index contributed by atoms with van der Waals surface area (Å²) in [6.45, 7) is -0.333. The third-order valence-electron chi connectivity index (χ3n) is 3.50. The molecule has 0 radical (unpaired) electrons. The molecule has 0 spiro atoms. The van der Waals surface area contributed by atoms with Gasteiger partial charge in [0.05, 0.1) is 22.1 Å².